The van der Waals surface area contributed by atoms with Gasteiger partial charge in [0.15, 0.2) is 0 Å². The summed E-state index contributed by atoms with van der Waals surface area (Å²) in [6.45, 7) is 3.67. The molecule has 0 spiro atoms. The molecule has 2 heterocycles. The number of aromatic nitrogens is 2. The van der Waals surface area contributed by atoms with Crippen LogP contribution in [-0.4, -0.2) is 35.3 Å². The average Bonchev–Trinajstić information content (AvgIpc) is 2.91. The number of carbonyl (C=O) groups is 1. The van der Waals surface area contributed by atoms with E-state index < -0.39 is 11.4 Å². The molecule has 0 bridgehead atoms. The normalized spacial score (nSPS) is 11.3. The van der Waals surface area contributed by atoms with Gasteiger partial charge in [-0.1, -0.05) is 25.4 Å². The van der Waals surface area contributed by atoms with Gasteiger partial charge < -0.3 is 10.1 Å². The molecule has 2 radical (unpaired) electrons. The quantitative estimate of drug-likeness (QED) is 0.412. The maximum atomic E-state index is 11.8. The molecule has 0 amide bonds. The summed E-state index contributed by atoms with van der Waals surface area (Å²) in [7, 11) is 8.66. The third kappa shape index (κ3) is 4.57. The monoisotopic (exact) mass is 461 g/mol. The number of halogens is 2. The Balaban J connectivity index is 2.47. The molecule has 0 fully saturated rings. The Kier molecular flexibility index (Phi) is 5.91. The van der Waals surface area contributed by atoms with E-state index in [1.54, 1.807) is 22.3 Å². The van der Waals surface area contributed by atoms with E-state index in [0.717, 1.165) is 11.1 Å². The largest absolute Gasteiger partial charge is 0.464 e. The molecule has 2 aromatic rings. The predicted molar refractivity (Wildman–Crippen MR) is 104 cm³/mol. The van der Waals surface area contributed by atoms with Crippen LogP contribution in [0.25, 0.3) is 11.1 Å². The molecule has 0 unspecified atom stereocenters. The molecule has 2 rings (SSSR count). The molecule has 120 valence electrons. The highest BCUT2D eigenvalue weighted by molar-refractivity contribution is 14.2. The van der Waals surface area contributed by atoms with Crippen molar-refractivity contribution in [2.45, 2.75) is 19.3 Å². The predicted octanol–water partition coefficient (Wildman–Crippen LogP) is 4.15. The van der Waals surface area contributed by atoms with Crippen LogP contribution in [0.2, 0.25) is 5.02 Å². The molecule has 0 aliphatic heterocycles. The molecule has 5 nitrogen and oxygen atoms in total. The zero-order valence-electron chi connectivity index (χ0n) is 12.8. The van der Waals surface area contributed by atoms with Gasteiger partial charge in [0, 0.05) is 53.8 Å². The molecule has 23 heavy (non-hydrogen) atoms. The number of methoxy groups -OCH3 is 1. The lowest BCUT2D eigenvalue weighted by atomic mass is 9.82. The number of ether oxygens (including phenoxy) is 1. The van der Waals surface area contributed by atoms with Crippen molar-refractivity contribution in [2.24, 2.45) is 0 Å². The van der Waals surface area contributed by atoms with Crippen LogP contribution in [0.3, 0.4) is 0 Å². The van der Waals surface area contributed by atoms with Crippen molar-refractivity contribution in [3.63, 3.8) is 0 Å². The van der Waals surface area contributed by atoms with Crippen molar-refractivity contribution in [3.8, 4) is 11.1 Å². The van der Waals surface area contributed by atoms with Gasteiger partial charge in [0.25, 0.3) is 0 Å². The number of pyridine rings is 1. The van der Waals surface area contributed by atoms with Gasteiger partial charge >= 0.3 is 5.97 Å². The maximum Gasteiger partial charge on any atom is 0.355 e. The Morgan fingerprint density at radius 2 is 2.22 bits per heavy atom. The zero-order chi connectivity index (χ0) is 17.2. The highest BCUT2D eigenvalue weighted by Gasteiger charge is 2.18. The number of hydrogen-bond acceptors (Lipinski definition) is 5. The summed E-state index contributed by atoms with van der Waals surface area (Å²) < 4.78 is 6.52. The Morgan fingerprint density at radius 1 is 1.52 bits per heavy atom. The first-order valence-corrected chi connectivity index (χ1v) is 10.3. The molecule has 0 saturated heterocycles. The Hall–Kier alpha value is -0.865. The highest BCUT2D eigenvalue weighted by atomic mass is 127. The standard InChI is InChI=1S/C14H14BClIN3O2S/c1-14(2,15)19-12-5-9(10(16)6-18-12)8-4-11(13(21)22-3)20(7-8)23-17/h4-7H,1-3H3,(H,18,19). The highest BCUT2D eigenvalue weighted by Crippen LogP contribution is 2.33. The van der Waals surface area contributed by atoms with E-state index in [1.807, 2.05) is 20.0 Å². The Bertz CT molecular complexity index is 733. The third-order valence-electron chi connectivity index (χ3n) is 2.87. The first-order valence-electron chi connectivity index (χ1n) is 6.58. The SMILES string of the molecule is [B]C(C)(C)Nc1cc(-c2cc(C(=O)OC)n(SI)c2)c(Cl)cn1. The summed E-state index contributed by atoms with van der Waals surface area (Å²) in [6.07, 6.45) is 3.37. The molecule has 0 aromatic carbocycles. The first-order chi connectivity index (χ1) is 10.7. The lowest BCUT2D eigenvalue weighted by molar-refractivity contribution is 0.0593. The minimum absolute atomic E-state index is 0.410. The molecule has 0 aliphatic carbocycles. The fourth-order valence-corrected chi connectivity index (χ4v) is 3.51. The minimum atomic E-state index is -0.612. The zero-order valence-corrected chi connectivity index (χ0v) is 16.5. The van der Waals surface area contributed by atoms with Crippen molar-refractivity contribution >= 4 is 61.6 Å². The fraction of sp³-hybridized carbons (Fsp3) is 0.286. The Labute approximate surface area is 157 Å². The number of rotatable bonds is 5. The molecule has 9 heteroatoms. The van der Waals surface area contributed by atoms with Crippen molar-refractivity contribution in [1.82, 2.24) is 8.96 Å². The van der Waals surface area contributed by atoms with Crippen molar-refractivity contribution in [1.29, 1.82) is 0 Å². The van der Waals surface area contributed by atoms with E-state index in [4.69, 9.17) is 24.2 Å². The van der Waals surface area contributed by atoms with Crippen LogP contribution in [-0.2, 0) is 4.74 Å². The average molecular weight is 462 g/mol. The van der Waals surface area contributed by atoms with Crippen LogP contribution in [0.1, 0.15) is 24.3 Å². The second-order valence-corrected chi connectivity index (χ2v) is 7.52. The minimum Gasteiger partial charge on any atom is -0.464 e. The molecule has 0 saturated carbocycles. The van der Waals surface area contributed by atoms with Gasteiger partial charge in [-0.25, -0.2) is 9.78 Å². The summed E-state index contributed by atoms with van der Waals surface area (Å²) in [4.78, 5) is 16.1. The number of nitrogens with one attached hydrogen (secondary N) is 1. The lowest BCUT2D eigenvalue weighted by Gasteiger charge is -2.22. The van der Waals surface area contributed by atoms with Crippen molar-refractivity contribution < 1.29 is 9.53 Å². The molecule has 0 atom stereocenters. The summed E-state index contributed by atoms with van der Waals surface area (Å²) in [5.41, 5.74) is 1.37. The van der Waals surface area contributed by atoms with Gasteiger partial charge in [-0.3, -0.25) is 3.97 Å². The van der Waals surface area contributed by atoms with Gasteiger partial charge in [0.1, 0.15) is 19.4 Å². The van der Waals surface area contributed by atoms with Crippen LogP contribution in [0.5, 0.6) is 0 Å². The molecular weight excluding hydrogens is 447 g/mol. The van der Waals surface area contributed by atoms with E-state index in [2.05, 4.69) is 31.5 Å². The molecule has 2 aromatic heterocycles. The number of carbonyl (C=O) groups excluding carboxylic acids is 1. The first kappa shape index (κ1) is 18.5. The van der Waals surface area contributed by atoms with E-state index in [0.29, 0.717) is 16.5 Å². The summed E-state index contributed by atoms with van der Waals surface area (Å²) in [5, 5.41) is 3.57. The fourth-order valence-electron chi connectivity index (χ4n) is 1.96. The van der Waals surface area contributed by atoms with Crippen LogP contribution >= 0.6 is 41.9 Å². The van der Waals surface area contributed by atoms with Crippen molar-refractivity contribution in [3.05, 3.63) is 35.2 Å². The number of hydrogen-bond donors (Lipinski definition) is 1. The van der Waals surface area contributed by atoms with E-state index >= 15 is 0 Å². The summed E-state index contributed by atoms with van der Waals surface area (Å²) in [5.74, 6) is 0.193. The topological polar surface area (TPSA) is 56.1 Å². The van der Waals surface area contributed by atoms with Gasteiger partial charge in [0.2, 0.25) is 0 Å². The molecule has 0 aliphatic rings. The van der Waals surface area contributed by atoms with E-state index in [9.17, 15) is 4.79 Å². The molecular formula is C14H14BClIN3O2S. The number of nitrogens with zero attached hydrogens (tertiary/aromatic N) is 2. The number of anilines is 1. The van der Waals surface area contributed by atoms with Gasteiger partial charge in [-0.15, -0.1) is 0 Å². The van der Waals surface area contributed by atoms with Crippen LogP contribution in [0.15, 0.2) is 24.5 Å². The molecule has 1 N–H and O–H groups in total. The van der Waals surface area contributed by atoms with Crippen LogP contribution in [0, 0.1) is 0 Å². The second kappa shape index (κ2) is 7.35. The van der Waals surface area contributed by atoms with Gasteiger partial charge in [0.05, 0.1) is 12.1 Å². The second-order valence-electron chi connectivity index (χ2n) is 5.40. The Morgan fingerprint density at radius 3 is 2.78 bits per heavy atom. The summed E-state index contributed by atoms with van der Waals surface area (Å²) in [6, 6.07) is 3.53. The van der Waals surface area contributed by atoms with Gasteiger partial charge in [-0.2, -0.15) is 0 Å². The van der Waals surface area contributed by atoms with Gasteiger partial charge in [-0.05, 0) is 17.6 Å². The summed E-state index contributed by atoms with van der Waals surface area (Å²) >= 11 is 8.36. The maximum absolute atomic E-state index is 11.8. The lowest BCUT2D eigenvalue weighted by Crippen LogP contribution is -2.31. The van der Waals surface area contributed by atoms with Crippen molar-refractivity contribution in [2.75, 3.05) is 12.4 Å². The third-order valence-corrected chi connectivity index (χ3v) is 4.90. The van der Waals surface area contributed by atoms with E-state index in [1.165, 1.54) is 16.2 Å². The van der Waals surface area contributed by atoms with Crippen LogP contribution < -0.4 is 5.32 Å². The van der Waals surface area contributed by atoms with Crippen LogP contribution in [0.4, 0.5) is 5.82 Å². The number of esters is 1. The van der Waals surface area contributed by atoms with E-state index in [-0.39, 0.29) is 0 Å². The smallest absolute Gasteiger partial charge is 0.355 e.